The second-order valence-electron chi connectivity index (χ2n) is 6.62. The standard InChI is InChI=1S/C20H19ClN2O5S/c1-12(20(25)22-18-8-6-15(23(26)27)10-17(18)21)28-19(24)11-29-16-7-5-13-3-2-4-14(13)9-16/h5-10,12H,2-4,11H2,1H3,(H,22,25). The molecule has 0 bridgehead atoms. The van der Waals surface area contributed by atoms with E-state index in [4.69, 9.17) is 16.3 Å². The molecule has 9 heteroatoms. The lowest BCUT2D eigenvalue weighted by Gasteiger charge is -2.14. The summed E-state index contributed by atoms with van der Waals surface area (Å²) < 4.78 is 5.18. The van der Waals surface area contributed by atoms with Crippen molar-refractivity contribution < 1.29 is 19.2 Å². The van der Waals surface area contributed by atoms with Gasteiger partial charge in [-0.1, -0.05) is 17.7 Å². The fourth-order valence-corrected chi connectivity index (χ4v) is 3.98. The summed E-state index contributed by atoms with van der Waals surface area (Å²) in [6, 6.07) is 9.89. The lowest BCUT2D eigenvalue weighted by atomic mass is 10.1. The number of halogens is 1. The molecule has 2 aromatic carbocycles. The second-order valence-corrected chi connectivity index (χ2v) is 8.07. The predicted molar refractivity (Wildman–Crippen MR) is 111 cm³/mol. The normalized spacial score (nSPS) is 13.4. The van der Waals surface area contributed by atoms with Crippen LogP contribution in [-0.2, 0) is 27.2 Å². The fraction of sp³-hybridized carbons (Fsp3) is 0.300. The van der Waals surface area contributed by atoms with Crippen molar-refractivity contribution in [1.29, 1.82) is 0 Å². The number of hydrogen-bond donors (Lipinski definition) is 1. The Kier molecular flexibility index (Phi) is 6.76. The van der Waals surface area contributed by atoms with Crippen molar-refractivity contribution in [1.82, 2.24) is 0 Å². The molecule has 7 nitrogen and oxygen atoms in total. The van der Waals surface area contributed by atoms with Gasteiger partial charge in [0.25, 0.3) is 11.6 Å². The van der Waals surface area contributed by atoms with Gasteiger partial charge in [0.2, 0.25) is 0 Å². The Hall–Kier alpha value is -2.58. The smallest absolute Gasteiger partial charge is 0.317 e. The summed E-state index contributed by atoms with van der Waals surface area (Å²) in [6.07, 6.45) is 2.30. The van der Waals surface area contributed by atoms with E-state index in [9.17, 15) is 19.7 Å². The zero-order chi connectivity index (χ0) is 21.0. The fourth-order valence-electron chi connectivity index (χ4n) is 3.02. The molecule has 1 unspecified atom stereocenters. The zero-order valence-corrected chi connectivity index (χ0v) is 17.2. The van der Waals surface area contributed by atoms with E-state index in [0.717, 1.165) is 30.2 Å². The number of ether oxygens (including phenoxy) is 1. The number of benzene rings is 2. The van der Waals surface area contributed by atoms with Crippen LogP contribution in [0.15, 0.2) is 41.3 Å². The van der Waals surface area contributed by atoms with Gasteiger partial charge in [-0.3, -0.25) is 19.7 Å². The number of hydrogen-bond acceptors (Lipinski definition) is 6. The molecule has 0 saturated heterocycles. The van der Waals surface area contributed by atoms with Crippen LogP contribution >= 0.6 is 23.4 Å². The van der Waals surface area contributed by atoms with E-state index in [0.29, 0.717) is 0 Å². The van der Waals surface area contributed by atoms with Crippen LogP contribution in [0.3, 0.4) is 0 Å². The SMILES string of the molecule is CC(OC(=O)CSc1ccc2c(c1)CCC2)C(=O)Nc1ccc([N+](=O)[O-])cc1Cl. The molecule has 1 amide bonds. The van der Waals surface area contributed by atoms with E-state index in [1.165, 1.54) is 41.9 Å². The van der Waals surface area contributed by atoms with Crippen LogP contribution in [-0.4, -0.2) is 28.7 Å². The number of nitro groups is 1. The maximum Gasteiger partial charge on any atom is 0.317 e. The number of carbonyl (C=O) groups excluding carboxylic acids is 2. The molecule has 0 radical (unpaired) electrons. The van der Waals surface area contributed by atoms with Crippen molar-refractivity contribution in [3.63, 3.8) is 0 Å². The molecule has 29 heavy (non-hydrogen) atoms. The third-order valence-electron chi connectivity index (χ3n) is 4.53. The third-order valence-corrected chi connectivity index (χ3v) is 5.81. The second kappa shape index (κ2) is 9.28. The van der Waals surface area contributed by atoms with Gasteiger partial charge in [-0.15, -0.1) is 11.8 Å². The van der Waals surface area contributed by atoms with E-state index >= 15 is 0 Å². The summed E-state index contributed by atoms with van der Waals surface area (Å²) in [5.74, 6) is -0.987. The third kappa shape index (κ3) is 5.48. The molecule has 1 aliphatic rings. The summed E-state index contributed by atoms with van der Waals surface area (Å²) in [5.41, 5.74) is 2.72. The van der Waals surface area contributed by atoms with E-state index in [1.54, 1.807) is 0 Å². The molecule has 0 aliphatic heterocycles. The van der Waals surface area contributed by atoms with Gasteiger partial charge in [0.15, 0.2) is 6.10 Å². The number of nitro benzene ring substituents is 1. The van der Waals surface area contributed by atoms with Crippen molar-refractivity contribution in [2.45, 2.75) is 37.2 Å². The average Bonchev–Trinajstić information content (AvgIpc) is 3.15. The summed E-state index contributed by atoms with van der Waals surface area (Å²) >= 11 is 7.32. The molecule has 0 fully saturated rings. The number of non-ortho nitro benzene ring substituents is 1. The Morgan fingerprint density at radius 2 is 2.00 bits per heavy atom. The minimum Gasteiger partial charge on any atom is -0.452 e. The molecule has 0 saturated carbocycles. The number of fused-ring (bicyclic) bond motifs is 1. The quantitative estimate of drug-likeness (QED) is 0.300. The van der Waals surface area contributed by atoms with Crippen molar-refractivity contribution >= 4 is 46.6 Å². The van der Waals surface area contributed by atoms with Gasteiger partial charge in [-0.05, 0) is 55.5 Å². The maximum absolute atomic E-state index is 12.2. The summed E-state index contributed by atoms with van der Waals surface area (Å²) in [4.78, 5) is 35.5. The monoisotopic (exact) mass is 434 g/mol. The number of aryl methyl sites for hydroxylation is 2. The number of carbonyl (C=O) groups is 2. The van der Waals surface area contributed by atoms with Crippen LogP contribution in [0, 0.1) is 10.1 Å². The highest BCUT2D eigenvalue weighted by atomic mass is 35.5. The molecule has 0 aromatic heterocycles. The molecule has 3 rings (SSSR count). The maximum atomic E-state index is 12.2. The number of anilines is 1. The Balaban J connectivity index is 1.50. The molecule has 0 spiro atoms. The zero-order valence-electron chi connectivity index (χ0n) is 15.6. The van der Waals surface area contributed by atoms with E-state index in [-0.39, 0.29) is 22.2 Å². The first-order valence-corrected chi connectivity index (χ1v) is 10.4. The van der Waals surface area contributed by atoms with E-state index in [1.807, 2.05) is 6.07 Å². The average molecular weight is 435 g/mol. The molecular weight excluding hydrogens is 416 g/mol. The minimum absolute atomic E-state index is 0.0261. The van der Waals surface area contributed by atoms with Gasteiger partial charge in [-0.25, -0.2) is 0 Å². The number of nitrogens with one attached hydrogen (secondary N) is 1. The van der Waals surface area contributed by atoms with Crippen LogP contribution in [0.1, 0.15) is 24.5 Å². The number of thioether (sulfide) groups is 1. The number of nitrogens with zero attached hydrogens (tertiary/aromatic N) is 1. The molecular formula is C20H19ClN2O5S. The van der Waals surface area contributed by atoms with Gasteiger partial charge in [0.1, 0.15) is 0 Å². The van der Waals surface area contributed by atoms with Crippen LogP contribution in [0.2, 0.25) is 5.02 Å². The minimum atomic E-state index is -1.03. The topological polar surface area (TPSA) is 98.5 Å². The lowest BCUT2D eigenvalue weighted by Crippen LogP contribution is -2.30. The Bertz CT molecular complexity index is 966. The van der Waals surface area contributed by atoms with E-state index in [2.05, 4.69) is 17.4 Å². The molecule has 1 atom stereocenters. The van der Waals surface area contributed by atoms with Crippen LogP contribution in [0.4, 0.5) is 11.4 Å². The highest BCUT2D eigenvalue weighted by Gasteiger charge is 2.20. The number of esters is 1. The van der Waals surface area contributed by atoms with Crippen molar-refractivity contribution in [3.8, 4) is 0 Å². The van der Waals surface area contributed by atoms with Crippen LogP contribution < -0.4 is 5.32 Å². The molecule has 0 heterocycles. The Labute approximate surface area is 176 Å². The van der Waals surface area contributed by atoms with E-state index < -0.39 is 22.9 Å². The largest absolute Gasteiger partial charge is 0.452 e. The van der Waals surface area contributed by atoms with Crippen LogP contribution in [0.5, 0.6) is 0 Å². The predicted octanol–water partition coefficient (Wildman–Crippen LogP) is 4.40. The highest BCUT2D eigenvalue weighted by molar-refractivity contribution is 8.00. The first kappa shape index (κ1) is 21.1. The first-order valence-electron chi connectivity index (χ1n) is 9.02. The summed E-state index contributed by atoms with van der Waals surface area (Å²) in [7, 11) is 0. The van der Waals surface area contributed by atoms with Crippen molar-refractivity contribution in [2.24, 2.45) is 0 Å². The van der Waals surface area contributed by atoms with Gasteiger partial charge in [-0.2, -0.15) is 0 Å². The van der Waals surface area contributed by atoms with Gasteiger partial charge < -0.3 is 10.1 Å². The van der Waals surface area contributed by atoms with Gasteiger partial charge in [0, 0.05) is 17.0 Å². The van der Waals surface area contributed by atoms with Gasteiger partial charge >= 0.3 is 5.97 Å². The van der Waals surface area contributed by atoms with Gasteiger partial charge in [0.05, 0.1) is 21.4 Å². The van der Waals surface area contributed by atoms with Crippen molar-refractivity contribution in [3.05, 3.63) is 62.7 Å². The van der Waals surface area contributed by atoms with Crippen molar-refractivity contribution in [2.75, 3.05) is 11.1 Å². The number of rotatable bonds is 7. The summed E-state index contributed by atoms with van der Waals surface area (Å²) in [5, 5.41) is 13.3. The first-order chi connectivity index (χ1) is 13.8. The highest BCUT2D eigenvalue weighted by Crippen LogP contribution is 2.28. The molecule has 1 aliphatic carbocycles. The molecule has 152 valence electrons. The summed E-state index contributed by atoms with van der Waals surface area (Å²) in [6.45, 7) is 1.45. The number of amides is 1. The molecule has 1 N–H and O–H groups in total. The molecule has 2 aromatic rings. The lowest BCUT2D eigenvalue weighted by molar-refractivity contribution is -0.384. The Morgan fingerprint density at radius 1 is 1.24 bits per heavy atom. The Morgan fingerprint density at radius 3 is 2.72 bits per heavy atom. The van der Waals surface area contributed by atoms with Crippen LogP contribution in [0.25, 0.3) is 0 Å².